The Morgan fingerprint density at radius 3 is 1.59 bits per heavy atom. The van der Waals surface area contributed by atoms with Gasteiger partial charge in [0.25, 0.3) is 0 Å². The van der Waals surface area contributed by atoms with Crippen LogP contribution < -0.4 is 16.4 Å². The first-order valence-electron chi connectivity index (χ1n) is 20.4. The highest BCUT2D eigenvalue weighted by atomic mass is 79.9. The number of amides is 4. The predicted octanol–water partition coefficient (Wildman–Crippen LogP) is 10.1. The van der Waals surface area contributed by atoms with Gasteiger partial charge in [0.1, 0.15) is 11.2 Å². The molecule has 0 aromatic heterocycles. The van der Waals surface area contributed by atoms with E-state index in [1.165, 1.54) is 0 Å². The topological polar surface area (TPSA) is 148 Å². The lowest BCUT2D eigenvalue weighted by Gasteiger charge is -2.40. The van der Waals surface area contributed by atoms with Crippen LogP contribution in [0.15, 0.2) is 45.3 Å². The van der Waals surface area contributed by atoms with Gasteiger partial charge >= 0.3 is 18.2 Å². The average Bonchev–Trinajstić information content (AvgIpc) is 3.34. The molecule has 4 heterocycles. The van der Waals surface area contributed by atoms with Crippen LogP contribution in [0.1, 0.15) is 131 Å². The molecule has 4 amide bonds. The van der Waals surface area contributed by atoms with E-state index in [9.17, 15) is 14.4 Å². The molecule has 6 rings (SSSR count). The third kappa shape index (κ3) is 18.5. The van der Waals surface area contributed by atoms with Crippen LogP contribution in [0.25, 0.3) is 0 Å². The molecule has 0 bridgehead atoms. The molecule has 4 N–H and O–H groups in total. The fourth-order valence-corrected chi connectivity index (χ4v) is 7.57. The monoisotopic (exact) mass is 1000 g/mol. The predicted molar refractivity (Wildman–Crippen MR) is 254 cm³/mol. The smallest absolute Gasteiger partial charge is 0.410 e. The summed E-state index contributed by atoms with van der Waals surface area (Å²) in [6.45, 7) is 24.7. The van der Waals surface area contributed by atoms with Gasteiger partial charge in [-0.1, -0.05) is 58.8 Å². The van der Waals surface area contributed by atoms with Crippen molar-refractivity contribution < 1.29 is 33.3 Å². The van der Waals surface area contributed by atoms with E-state index in [4.69, 9.17) is 24.7 Å². The molecule has 348 valence electrons. The van der Waals surface area contributed by atoms with E-state index in [2.05, 4.69) is 56.3 Å². The second-order valence-corrected chi connectivity index (χ2v) is 19.7. The first-order valence-corrected chi connectivity index (χ1v) is 22.0. The Balaban J connectivity index is 0.000000517. The maximum atomic E-state index is 12.8. The lowest BCUT2D eigenvalue weighted by Crippen LogP contribution is -2.58. The zero-order valence-electron chi connectivity index (χ0n) is 36.4. The van der Waals surface area contributed by atoms with Crippen LogP contribution in [-0.2, 0) is 32.0 Å². The van der Waals surface area contributed by atoms with Gasteiger partial charge in [0.2, 0.25) is 0 Å². The summed E-state index contributed by atoms with van der Waals surface area (Å²) >= 11 is 6.98. The molecular weight excluding hydrogens is 932 g/mol. The normalized spacial score (nSPS) is 18.8. The first-order chi connectivity index (χ1) is 27.1. The summed E-state index contributed by atoms with van der Waals surface area (Å²) in [5.74, 6) is 0. The number of benzene rings is 2. The molecule has 4 aliphatic heterocycles. The Kier molecular flexibility index (Phi) is 23.1. The number of rotatable bonds is 5. The highest BCUT2D eigenvalue weighted by Gasteiger charge is 2.35. The molecule has 0 aliphatic carbocycles. The summed E-state index contributed by atoms with van der Waals surface area (Å²) in [6.07, 6.45) is 1.90. The number of nitrogens with two attached hydrogens (primary N) is 1. The third-order valence-electron chi connectivity index (χ3n) is 9.51. The average molecular weight is 1010 g/mol. The van der Waals surface area contributed by atoms with Crippen LogP contribution in [0, 0.1) is 0 Å². The van der Waals surface area contributed by atoms with E-state index < -0.39 is 11.2 Å². The molecule has 13 nitrogen and oxygen atoms in total. The minimum Gasteiger partial charge on any atom is -0.444 e. The van der Waals surface area contributed by atoms with Gasteiger partial charge < -0.3 is 50.0 Å². The van der Waals surface area contributed by atoms with Gasteiger partial charge in [-0.05, 0) is 129 Å². The van der Waals surface area contributed by atoms with Crippen molar-refractivity contribution in [2.24, 2.45) is 5.73 Å². The Labute approximate surface area is 389 Å². The fourth-order valence-electron chi connectivity index (χ4n) is 6.76. The van der Waals surface area contributed by atoms with Gasteiger partial charge in [0.15, 0.2) is 0 Å². The van der Waals surface area contributed by atoms with E-state index in [1.54, 1.807) is 14.7 Å². The van der Waals surface area contributed by atoms with Crippen LogP contribution in [0.4, 0.5) is 14.4 Å². The summed E-state index contributed by atoms with van der Waals surface area (Å²) in [4.78, 5) is 42.8. The molecule has 0 radical (unpaired) electrons. The SMILES string of the molecule is C.C.CC(C)(C)OC(=O)N1CCC(N)c2ccc(Br)cc2C1.CC(C)OC1CN(C(=O)NC2CCN(C(=O)OC(C)(C)C)Cc3cc(Br)ccc32)C1.CC(C)OC1CNC1.Cl. The Hall–Kier alpha value is -2.66. The Morgan fingerprint density at radius 2 is 1.16 bits per heavy atom. The summed E-state index contributed by atoms with van der Waals surface area (Å²) in [5.41, 5.74) is 9.39. The minimum atomic E-state index is -0.552. The lowest BCUT2D eigenvalue weighted by atomic mass is 9.99. The Bertz CT molecular complexity index is 1700. The molecule has 0 saturated carbocycles. The van der Waals surface area contributed by atoms with Crippen LogP contribution in [0.3, 0.4) is 0 Å². The molecule has 61 heavy (non-hydrogen) atoms. The maximum absolute atomic E-state index is 12.8. The number of ether oxygens (including phenoxy) is 4. The number of fused-ring (bicyclic) bond motifs is 2. The summed E-state index contributed by atoms with van der Waals surface area (Å²) in [5, 5.41) is 6.30. The van der Waals surface area contributed by atoms with Crippen molar-refractivity contribution in [2.75, 3.05) is 39.3 Å². The van der Waals surface area contributed by atoms with Gasteiger partial charge in [0, 0.05) is 54.3 Å². The van der Waals surface area contributed by atoms with Crippen molar-refractivity contribution in [1.82, 2.24) is 25.3 Å². The van der Waals surface area contributed by atoms with Gasteiger partial charge in [-0.15, -0.1) is 12.4 Å². The van der Waals surface area contributed by atoms with E-state index in [0.29, 0.717) is 57.9 Å². The third-order valence-corrected chi connectivity index (χ3v) is 10.5. The number of nitrogens with one attached hydrogen (secondary N) is 2. The summed E-state index contributed by atoms with van der Waals surface area (Å²) in [7, 11) is 0. The van der Waals surface area contributed by atoms with Crippen LogP contribution >= 0.6 is 44.3 Å². The van der Waals surface area contributed by atoms with Crippen molar-refractivity contribution in [1.29, 1.82) is 0 Å². The quantitative estimate of drug-likeness (QED) is 0.266. The number of halogens is 3. The largest absolute Gasteiger partial charge is 0.444 e. The first kappa shape index (κ1) is 56.4. The highest BCUT2D eigenvalue weighted by molar-refractivity contribution is 9.10. The molecule has 2 atom stereocenters. The van der Waals surface area contributed by atoms with Gasteiger partial charge in [-0.25, -0.2) is 14.4 Å². The van der Waals surface area contributed by atoms with Crippen molar-refractivity contribution in [3.05, 3.63) is 67.6 Å². The van der Waals surface area contributed by atoms with Crippen molar-refractivity contribution in [3.63, 3.8) is 0 Å². The van der Waals surface area contributed by atoms with Gasteiger partial charge in [-0.2, -0.15) is 0 Å². The molecule has 2 fully saturated rings. The molecule has 2 aromatic rings. The molecule has 16 heteroatoms. The van der Waals surface area contributed by atoms with E-state index in [0.717, 1.165) is 50.7 Å². The minimum absolute atomic E-state index is 0. The molecule has 2 aromatic carbocycles. The van der Waals surface area contributed by atoms with Crippen molar-refractivity contribution >= 4 is 62.5 Å². The Morgan fingerprint density at radius 1 is 0.721 bits per heavy atom. The van der Waals surface area contributed by atoms with Gasteiger partial charge in [-0.3, -0.25) is 0 Å². The number of carbonyl (C=O) groups excluding carboxylic acids is 3. The summed E-state index contributed by atoms with van der Waals surface area (Å²) < 4.78 is 24.1. The number of hydrogen-bond acceptors (Lipinski definition) is 9. The number of carbonyl (C=O) groups is 3. The zero-order chi connectivity index (χ0) is 42.9. The van der Waals surface area contributed by atoms with Crippen LogP contribution in [0.5, 0.6) is 0 Å². The maximum Gasteiger partial charge on any atom is 0.410 e. The zero-order valence-corrected chi connectivity index (χ0v) is 40.4. The highest BCUT2D eigenvalue weighted by Crippen LogP contribution is 2.31. The standard InChI is InChI=1S/C22H32BrN3O4.C15H21BrN2O2.C6H13NO.2CH4.ClH/c1-14(2)29-17-12-26(13-17)20(27)24-19-8-9-25(21(28)30-22(3,4)5)11-15-10-16(23)6-7-18(15)19;1-15(2,3)20-14(19)18-7-6-13(17)12-5-4-11(16)8-10(12)9-18;1-5(2)8-6-3-7-4-6;;;/h6-7,10,14,17,19H,8-9,11-13H2,1-5H3,(H,24,27);4-5,8,13H,6-7,9,17H2,1-3H3;5-7H,3-4H2,1-2H3;2*1H4;1H. The second-order valence-electron chi connectivity index (χ2n) is 17.9. The molecule has 2 unspecified atom stereocenters. The number of urea groups is 1. The van der Waals surface area contributed by atoms with Crippen molar-refractivity contribution in [2.45, 2.75) is 158 Å². The van der Waals surface area contributed by atoms with E-state index in [-0.39, 0.29) is 69.8 Å². The molecule has 4 aliphatic rings. The number of likely N-dealkylation sites (tertiary alicyclic amines) is 1. The van der Waals surface area contributed by atoms with Crippen LogP contribution in [0.2, 0.25) is 0 Å². The number of nitrogens with zero attached hydrogens (tertiary/aromatic N) is 3. The summed E-state index contributed by atoms with van der Waals surface area (Å²) in [6, 6.07) is 11.7. The molecule has 2 saturated heterocycles. The fraction of sp³-hybridized carbons (Fsp3) is 0.667. The van der Waals surface area contributed by atoms with Gasteiger partial charge in [0.05, 0.1) is 43.5 Å². The number of hydrogen-bond donors (Lipinski definition) is 3. The lowest BCUT2D eigenvalue weighted by molar-refractivity contribution is -0.0644. The van der Waals surface area contributed by atoms with Crippen LogP contribution in [-0.4, -0.2) is 108 Å². The molecule has 0 spiro atoms. The second kappa shape index (κ2) is 25.0. The molecular formula is C45H75Br2ClN6O7. The van der Waals surface area contributed by atoms with Crippen molar-refractivity contribution in [3.8, 4) is 0 Å². The van der Waals surface area contributed by atoms with E-state index >= 15 is 0 Å². The van der Waals surface area contributed by atoms with E-state index in [1.807, 2.05) is 91.8 Å².